The molecule has 8 aromatic rings. The highest BCUT2D eigenvalue weighted by Gasteiger charge is 2.58. The molecule has 0 radical (unpaired) electrons. The zero-order valence-electron chi connectivity index (χ0n) is 39.0. The van der Waals surface area contributed by atoms with E-state index in [1.54, 1.807) is 0 Å². The van der Waals surface area contributed by atoms with Crippen LogP contribution >= 0.6 is 0 Å². The van der Waals surface area contributed by atoms with Crippen molar-refractivity contribution in [1.82, 2.24) is 0 Å². The molecule has 6 aliphatic rings. The van der Waals surface area contributed by atoms with Gasteiger partial charge in [-0.15, -0.1) is 0 Å². The molecule has 6 heteroatoms. The van der Waals surface area contributed by atoms with Crippen LogP contribution in [-0.2, 0) is 31.9 Å². The maximum atomic E-state index is 12.3. The van der Waals surface area contributed by atoms with Gasteiger partial charge in [-0.05, 0) is 70.2 Å². The second kappa shape index (κ2) is 18.7. The predicted octanol–water partition coefficient (Wildman–Crippen LogP) is 11.8. The fourth-order valence-corrected chi connectivity index (χ4v) is 11.6. The molecular weight excluding hydrogens is 865 g/mol. The lowest BCUT2D eigenvalue weighted by Crippen LogP contribution is -2.28. The van der Waals surface area contributed by atoms with Gasteiger partial charge in [0.1, 0.15) is 22.4 Å². The zero-order chi connectivity index (χ0) is 47.8. The van der Waals surface area contributed by atoms with Crippen LogP contribution in [0, 0.1) is 0 Å². The van der Waals surface area contributed by atoms with E-state index in [-0.39, 0.29) is 0 Å². The molecule has 8 aromatic carbocycles. The molecule has 0 spiro atoms. The summed E-state index contributed by atoms with van der Waals surface area (Å²) in [4.78, 5) is 0. The van der Waals surface area contributed by atoms with E-state index in [0.29, 0.717) is 0 Å². The van der Waals surface area contributed by atoms with E-state index in [0.717, 1.165) is 115 Å². The Morgan fingerprint density at radius 2 is 0.429 bits per heavy atom. The molecule has 0 saturated carbocycles. The van der Waals surface area contributed by atoms with Crippen molar-refractivity contribution in [3.8, 4) is 0 Å². The van der Waals surface area contributed by atoms with Gasteiger partial charge >= 0.3 is 0 Å². The molecular formula is C64H56O6. The van der Waals surface area contributed by atoms with Gasteiger partial charge in [0, 0.05) is 71.0 Å². The number of fused-ring (bicyclic) bond motifs is 8. The van der Waals surface area contributed by atoms with Crippen molar-refractivity contribution in [3.63, 3.8) is 0 Å². The summed E-state index contributed by atoms with van der Waals surface area (Å²) in [5.74, 6) is 0. The third-order valence-corrected chi connectivity index (χ3v) is 14.7. The Kier molecular flexibility index (Phi) is 12.2. The number of benzene rings is 8. The van der Waals surface area contributed by atoms with Crippen molar-refractivity contribution in [2.75, 3.05) is 26.4 Å². The minimum Gasteiger partial charge on any atom is -0.381 e. The molecule has 4 N–H and O–H groups in total. The van der Waals surface area contributed by atoms with Crippen LogP contribution in [0.15, 0.2) is 218 Å². The van der Waals surface area contributed by atoms with E-state index in [9.17, 15) is 20.4 Å². The number of hydrogen-bond acceptors (Lipinski definition) is 6. The van der Waals surface area contributed by atoms with E-state index >= 15 is 0 Å². The van der Waals surface area contributed by atoms with Crippen LogP contribution in [0.2, 0.25) is 0 Å². The molecule has 0 unspecified atom stereocenters. The number of ether oxygens (including phenoxy) is 2. The fourth-order valence-electron chi connectivity index (χ4n) is 11.6. The molecule has 0 bridgehead atoms. The summed E-state index contributed by atoms with van der Waals surface area (Å²) in [6, 6.07) is 70.5. The minimum absolute atomic E-state index is 0.775. The molecule has 2 heterocycles. The standard InChI is InChI=1S/2C28H20O2.2C4H8O/c2*29-27(19-11-3-1-4-12-19)23-17-9-7-15-21(23)26-25(27)22-16-8-10-18-24(22)28(26,30)20-13-5-2-6-14-20;2*1-2-4-5-3-1/h2*1-18,29-30H;2*1-4H2/t2*27-,28+;;. The third kappa shape index (κ3) is 7.17. The van der Waals surface area contributed by atoms with Gasteiger partial charge in [0.15, 0.2) is 0 Å². The van der Waals surface area contributed by atoms with Crippen LogP contribution in [0.5, 0.6) is 0 Å². The summed E-state index contributed by atoms with van der Waals surface area (Å²) in [6.45, 7) is 4.00. The third-order valence-electron chi connectivity index (χ3n) is 14.7. The van der Waals surface area contributed by atoms with Gasteiger partial charge in [0.05, 0.1) is 0 Å². The Morgan fingerprint density at radius 1 is 0.243 bits per heavy atom. The van der Waals surface area contributed by atoms with Crippen molar-refractivity contribution < 1.29 is 29.9 Å². The van der Waals surface area contributed by atoms with Gasteiger partial charge in [-0.3, -0.25) is 0 Å². The molecule has 0 aromatic heterocycles. The molecule has 4 aliphatic carbocycles. The van der Waals surface area contributed by atoms with Crippen LogP contribution in [0.3, 0.4) is 0 Å². The first-order chi connectivity index (χ1) is 34.3. The van der Waals surface area contributed by atoms with E-state index < -0.39 is 22.4 Å². The predicted molar refractivity (Wildman–Crippen MR) is 277 cm³/mol. The van der Waals surface area contributed by atoms with E-state index in [1.165, 1.54) is 25.7 Å². The summed E-state index contributed by atoms with van der Waals surface area (Å²) < 4.78 is 9.89. The molecule has 2 fully saturated rings. The zero-order valence-corrected chi connectivity index (χ0v) is 39.0. The molecule has 70 heavy (non-hydrogen) atoms. The summed E-state index contributed by atoms with van der Waals surface area (Å²) in [5, 5.41) is 49.4. The van der Waals surface area contributed by atoms with Crippen LogP contribution < -0.4 is 0 Å². The summed E-state index contributed by atoms with van der Waals surface area (Å²) in [6.07, 6.45) is 5.11. The van der Waals surface area contributed by atoms with Gasteiger partial charge in [-0.1, -0.05) is 218 Å². The van der Waals surface area contributed by atoms with Crippen molar-refractivity contribution in [1.29, 1.82) is 0 Å². The van der Waals surface area contributed by atoms with Gasteiger partial charge < -0.3 is 29.9 Å². The van der Waals surface area contributed by atoms with Gasteiger partial charge in [0.2, 0.25) is 0 Å². The van der Waals surface area contributed by atoms with Crippen molar-refractivity contribution in [2.45, 2.75) is 48.1 Å². The molecule has 2 saturated heterocycles. The minimum atomic E-state index is -1.33. The lowest BCUT2D eigenvalue weighted by Gasteiger charge is -2.31. The van der Waals surface area contributed by atoms with E-state index in [4.69, 9.17) is 9.47 Å². The maximum Gasteiger partial charge on any atom is 0.142 e. The Labute approximate surface area is 410 Å². The van der Waals surface area contributed by atoms with Gasteiger partial charge in [-0.2, -0.15) is 0 Å². The highest BCUT2D eigenvalue weighted by molar-refractivity contribution is 6.12. The van der Waals surface area contributed by atoms with Crippen molar-refractivity contribution in [3.05, 3.63) is 285 Å². The average molecular weight is 921 g/mol. The Bertz CT molecular complexity index is 2770. The lowest BCUT2D eigenvalue weighted by atomic mass is 9.78. The maximum absolute atomic E-state index is 12.3. The first-order valence-electron chi connectivity index (χ1n) is 24.5. The second-order valence-corrected chi connectivity index (χ2v) is 18.6. The van der Waals surface area contributed by atoms with Crippen LogP contribution in [0.1, 0.15) is 92.4 Å². The highest BCUT2D eigenvalue weighted by atomic mass is 16.5. The quantitative estimate of drug-likeness (QED) is 0.140. The molecule has 6 nitrogen and oxygen atoms in total. The second-order valence-electron chi connectivity index (χ2n) is 18.6. The molecule has 4 atom stereocenters. The molecule has 14 rings (SSSR count). The number of hydrogen-bond donors (Lipinski definition) is 4. The van der Waals surface area contributed by atoms with Crippen molar-refractivity contribution in [2.24, 2.45) is 0 Å². The largest absolute Gasteiger partial charge is 0.381 e. The number of rotatable bonds is 4. The molecule has 2 aliphatic heterocycles. The Hall–Kier alpha value is -7.00. The van der Waals surface area contributed by atoms with Crippen molar-refractivity contribution >= 4 is 22.3 Å². The normalized spacial score (nSPS) is 23.8. The summed E-state index contributed by atoms with van der Waals surface area (Å²) in [7, 11) is 0. The monoisotopic (exact) mass is 920 g/mol. The highest BCUT2D eigenvalue weighted by Crippen LogP contribution is 2.66. The van der Waals surface area contributed by atoms with E-state index in [1.807, 2.05) is 218 Å². The summed E-state index contributed by atoms with van der Waals surface area (Å²) in [5.41, 5.74) is 7.78. The molecule has 0 amide bonds. The first kappa shape index (κ1) is 45.4. The van der Waals surface area contributed by atoms with E-state index in [2.05, 4.69) is 0 Å². The first-order valence-corrected chi connectivity index (χ1v) is 24.5. The average Bonchev–Trinajstić information content (AvgIpc) is 4.32. The van der Waals surface area contributed by atoms with Crippen LogP contribution in [0.4, 0.5) is 0 Å². The number of aliphatic hydroxyl groups is 4. The summed E-state index contributed by atoms with van der Waals surface area (Å²) >= 11 is 0. The van der Waals surface area contributed by atoms with Crippen LogP contribution in [-0.4, -0.2) is 46.9 Å². The Balaban J connectivity index is 0.000000127. The fraction of sp³-hybridized carbons (Fsp3) is 0.188. The molecule has 348 valence electrons. The Morgan fingerprint density at radius 3 is 0.614 bits per heavy atom. The van der Waals surface area contributed by atoms with Crippen LogP contribution in [0.25, 0.3) is 22.3 Å². The van der Waals surface area contributed by atoms with Gasteiger partial charge in [-0.25, -0.2) is 0 Å². The topological polar surface area (TPSA) is 99.4 Å². The SMILES string of the molecule is C1CCOC1.C1CCOC1.O[C@@]1(c2ccccc2)C2=C(c3ccccc31)[C@](O)(c1ccccc1)c1ccccc12.O[C@@]1(c2ccccc2)C2=C(c3ccccc31)[C@](O)(c1ccccc1)c1ccccc12. The van der Waals surface area contributed by atoms with Gasteiger partial charge in [0.25, 0.3) is 0 Å². The smallest absolute Gasteiger partial charge is 0.142 e. The lowest BCUT2D eigenvalue weighted by molar-refractivity contribution is 0.147.